The van der Waals surface area contributed by atoms with Crippen LogP contribution in [0.15, 0.2) is 22.7 Å². The summed E-state index contributed by atoms with van der Waals surface area (Å²) in [6, 6.07) is 4.14. The van der Waals surface area contributed by atoms with E-state index < -0.39 is 4.92 Å². The fourth-order valence-corrected chi connectivity index (χ4v) is 1.80. The number of nitrogens with one attached hydrogen (secondary N) is 1. The third-order valence-electron chi connectivity index (χ3n) is 2.41. The molecule has 0 aliphatic carbocycles. The van der Waals surface area contributed by atoms with E-state index in [0.717, 1.165) is 6.42 Å². The molecule has 0 saturated carbocycles. The van der Waals surface area contributed by atoms with Crippen LogP contribution in [0.2, 0.25) is 0 Å². The predicted molar refractivity (Wildman–Crippen MR) is 72.6 cm³/mol. The van der Waals surface area contributed by atoms with Crippen LogP contribution in [0.3, 0.4) is 0 Å². The van der Waals surface area contributed by atoms with Gasteiger partial charge in [-0.25, -0.2) is 0 Å². The molecule has 0 atom stereocenters. The molecule has 1 amide bonds. The first-order valence-corrected chi connectivity index (χ1v) is 6.43. The van der Waals surface area contributed by atoms with Gasteiger partial charge in [-0.15, -0.1) is 0 Å². The third-order valence-corrected chi connectivity index (χ3v) is 3.10. The molecule has 0 bridgehead atoms. The number of hydrogen-bond donors (Lipinski definition) is 1. The highest BCUT2D eigenvalue weighted by molar-refractivity contribution is 9.10. The summed E-state index contributed by atoms with van der Waals surface area (Å²) < 4.78 is 0.551. The van der Waals surface area contributed by atoms with Crippen molar-refractivity contribution >= 4 is 27.5 Å². The Morgan fingerprint density at radius 1 is 1.50 bits per heavy atom. The molecule has 0 aliphatic rings. The number of non-ortho nitro benzene ring substituents is 1. The average Bonchev–Trinajstić information content (AvgIpc) is 2.28. The summed E-state index contributed by atoms with van der Waals surface area (Å²) in [5.41, 5.74) is 0.195. The maximum Gasteiger partial charge on any atom is 0.270 e. The Hall–Kier alpha value is -1.43. The monoisotopic (exact) mass is 314 g/mol. The first-order chi connectivity index (χ1) is 8.41. The molecule has 5 nitrogen and oxygen atoms in total. The van der Waals surface area contributed by atoms with E-state index in [1.165, 1.54) is 18.2 Å². The second kappa shape index (κ2) is 6.49. The number of benzene rings is 1. The third kappa shape index (κ3) is 4.10. The largest absolute Gasteiger partial charge is 0.352 e. The van der Waals surface area contributed by atoms with Gasteiger partial charge in [-0.1, -0.05) is 13.8 Å². The first kappa shape index (κ1) is 14.6. The second-order valence-electron chi connectivity index (χ2n) is 4.36. The molecule has 0 fully saturated rings. The van der Waals surface area contributed by atoms with E-state index in [4.69, 9.17) is 0 Å². The van der Waals surface area contributed by atoms with Crippen molar-refractivity contribution in [1.29, 1.82) is 0 Å². The molecular weight excluding hydrogens is 300 g/mol. The highest BCUT2D eigenvalue weighted by Crippen LogP contribution is 2.22. The van der Waals surface area contributed by atoms with Crippen LogP contribution in [0, 0.1) is 16.0 Å². The number of carbonyl (C=O) groups is 1. The molecule has 98 valence electrons. The Balaban J connectivity index is 2.78. The topological polar surface area (TPSA) is 72.2 Å². The Labute approximate surface area is 114 Å². The zero-order valence-corrected chi connectivity index (χ0v) is 11.9. The summed E-state index contributed by atoms with van der Waals surface area (Å²) in [7, 11) is 0. The van der Waals surface area contributed by atoms with E-state index in [2.05, 4.69) is 35.1 Å². The van der Waals surface area contributed by atoms with E-state index >= 15 is 0 Å². The fourth-order valence-electron chi connectivity index (χ4n) is 1.37. The Bertz CT molecular complexity index is 461. The summed E-state index contributed by atoms with van der Waals surface area (Å²) in [5, 5.41) is 13.4. The number of nitro groups is 1. The number of hydrogen-bond acceptors (Lipinski definition) is 3. The smallest absolute Gasteiger partial charge is 0.270 e. The van der Waals surface area contributed by atoms with Crippen molar-refractivity contribution in [3.63, 3.8) is 0 Å². The van der Waals surface area contributed by atoms with Gasteiger partial charge in [-0.05, 0) is 34.3 Å². The Morgan fingerprint density at radius 2 is 2.17 bits per heavy atom. The summed E-state index contributed by atoms with van der Waals surface area (Å²) in [5.74, 6) is 0.199. The van der Waals surface area contributed by atoms with Gasteiger partial charge >= 0.3 is 0 Å². The van der Waals surface area contributed by atoms with Crippen molar-refractivity contribution in [3.05, 3.63) is 38.3 Å². The Kier molecular flexibility index (Phi) is 5.27. The SMILES string of the molecule is CC(C)CCNC(=O)c1cc([N+](=O)[O-])ccc1Br. The molecule has 0 spiro atoms. The number of amides is 1. The van der Waals surface area contributed by atoms with Crippen molar-refractivity contribution in [3.8, 4) is 0 Å². The molecule has 0 aromatic heterocycles. The number of carbonyl (C=O) groups excluding carboxylic acids is 1. The van der Waals surface area contributed by atoms with Gasteiger partial charge in [0, 0.05) is 23.2 Å². The van der Waals surface area contributed by atoms with E-state index in [9.17, 15) is 14.9 Å². The highest BCUT2D eigenvalue weighted by Gasteiger charge is 2.15. The van der Waals surface area contributed by atoms with E-state index in [1.54, 1.807) is 0 Å². The molecule has 1 aromatic rings. The molecule has 0 unspecified atom stereocenters. The predicted octanol–water partition coefficient (Wildman–Crippen LogP) is 3.13. The van der Waals surface area contributed by atoms with Crippen molar-refractivity contribution in [2.45, 2.75) is 20.3 Å². The average molecular weight is 315 g/mol. The van der Waals surface area contributed by atoms with Crippen LogP contribution in [-0.4, -0.2) is 17.4 Å². The maximum atomic E-state index is 11.9. The van der Waals surface area contributed by atoms with Gasteiger partial charge in [0.1, 0.15) is 0 Å². The molecule has 1 aromatic carbocycles. The van der Waals surface area contributed by atoms with Gasteiger partial charge in [0.25, 0.3) is 11.6 Å². The minimum atomic E-state index is -0.517. The van der Waals surface area contributed by atoms with Gasteiger partial charge < -0.3 is 5.32 Å². The van der Waals surface area contributed by atoms with E-state index in [0.29, 0.717) is 16.9 Å². The maximum absolute atomic E-state index is 11.9. The van der Waals surface area contributed by atoms with E-state index in [1.807, 2.05) is 0 Å². The number of halogens is 1. The minimum Gasteiger partial charge on any atom is -0.352 e. The zero-order chi connectivity index (χ0) is 13.7. The van der Waals surface area contributed by atoms with Crippen molar-refractivity contribution in [1.82, 2.24) is 5.32 Å². The van der Waals surface area contributed by atoms with Gasteiger partial charge in [0.2, 0.25) is 0 Å². The lowest BCUT2D eigenvalue weighted by atomic mass is 10.1. The van der Waals surface area contributed by atoms with Crippen LogP contribution in [-0.2, 0) is 0 Å². The van der Waals surface area contributed by atoms with E-state index in [-0.39, 0.29) is 17.2 Å². The zero-order valence-electron chi connectivity index (χ0n) is 10.3. The minimum absolute atomic E-state index is 0.0905. The molecule has 18 heavy (non-hydrogen) atoms. The number of nitro benzene ring substituents is 1. The highest BCUT2D eigenvalue weighted by atomic mass is 79.9. The van der Waals surface area contributed by atoms with Crippen LogP contribution in [0.1, 0.15) is 30.6 Å². The molecule has 1 rings (SSSR count). The lowest BCUT2D eigenvalue weighted by molar-refractivity contribution is -0.384. The van der Waals surface area contributed by atoms with Gasteiger partial charge in [-0.2, -0.15) is 0 Å². The molecule has 6 heteroatoms. The summed E-state index contributed by atoms with van der Waals surface area (Å²) in [6.07, 6.45) is 0.873. The summed E-state index contributed by atoms with van der Waals surface area (Å²) in [6.45, 7) is 4.69. The molecule has 0 radical (unpaired) electrons. The van der Waals surface area contributed by atoms with Crippen molar-refractivity contribution < 1.29 is 9.72 Å². The van der Waals surface area contributed by atoms with Crippen LogP contribution in [0.25, 0.3) is 0 Å². The van der Waals surface area contributed by atoms with Crippen LogP contribution >= 0.6 is 15.9 Å². The standard InChI is InChI=1S/C12H15BrN2O3/c1-8(2)5-6-14-12(16)10-7-9(15(17)18)3-4-11(10)13/h3-4,7-8H,5-6H2,1-2H3,(H,14,16). The van der Waals surface area contributed by atoms with Crippen LogP contribution in [0.4, 0.5) is 5.69 Å². The molecular formula is C12H15BrN2O3. The van der Waals surface area contributed by atoms with Gasteiger partial charge in [0.15, 0.2) is 0 Å². The summed E-state index contributed by atoms with van der Waals surface area (Å²) >= 11 is 3.22. The lowest BCUT2D eigenvalue weighted by Crippen LogP contribution is -2.25. The number of rotatable bonds is 5. The lowest BCUT2D eigenvalue weighted by Gasteiger charge is -2.08. The van der Waals surface area contributed by atoms with Crippen molar-refractivity contribution in [2.24, 2.45) is 5.92 Å². The Morgan fingerprint density at radius 3 is 2.72 bits per heavy atom. The van der Waals surface area contributed by atoms with Crippen LogP contribution < -0.4 is 5.32 Å². The van der Waals surface area contributed by atoms with Gasteiger partial charge in [0.05, 0.1) is 10.5 Å². The summed E-state index contributed by atoms with van der Waals surface area (Å²) in [4.78, 5) is 22.0. The first-order valence-electron chi connectivity index (χ1n) is 5.64. The quantitative estimate of drug-likeness (QED) is 0.670. The normalized spacial score (nSPS) is 10.4. The second-order valence-corrected chi connectivity index (χ2v) is 5.21. The molecule has 1 N–H and O–H groups in total. The molecule has 0 saturated heterocycles. The van der Waals surface area contributed by atoms with Crippen LogP contribution in [0.5, 0.6) is 0 Å². The molecule has 0 heterocycles. The molecule has 0 aliphatic heterocycles. The number of nitrogens with zero attached hydrogens (tertiary/aromatic N) is 1. The van der Waals surface area contributed by atoms with Crippen molar-refractivity contribution in [2.75, 3.05) is 6.54 Å². The van der Waals surface area contributed by atoms with Gasteiger partial charge in [-0.3, -0.25) is 14.9 Å². The fraction of sp³-hybridized carbons (Fsp3) is 0.417.